The summed E-state index contributed by atoms with van der Waals surface area (Å²) < 4.78 is 5.94. The molecule has 67 heavy (non-hydrogen) atoms. The minimum absolute atomic E-state index is 0.0491. The third-order valence-electron chi connectivity index (χ3n) is 12.3. The van der Waals surface area contributed by atoms with Crippen LogP contribution in [0.25, 0.3) is 0 Å². The molecule has 6 nitrogen and oxygen atoms in total. The number of hydrogen-bond acceptors (Lipinski definition) is 5. The summed E-state index contributed by atoms with van der Waals surface area (Å²) in [6.45, 7) is 6.31. The van der Waals surface area contributed by atoms with Gasteiger partial charge in [-0.3, -0.25) is 9.59 Å². The molecule has 0 aromatic rings. The molecule has 0 fully saturated rings. The van der Waals surface area contributed by atoms with E-state index in [2.05, 4.69) is 74.7 Å². The third kappa shape index (κ3) is 49.0. The highest BCUT2D eigenvalue weighted by Crippen LogP contribution is 2.18. The van der Waals surface area contributed by atoms with Gasteiger partial charge in [-0.2, -0.15) is 0 Å². The normalized spacial score (nSPS) is 13.9. The smallest absolute Gasteiger partial charge is 0.306 e. The van der Waals surface area contributed by atoms with Crippen molar-refractivity contribution in [3.05, 3.63) is 97.2 Å². The number of allylic oxidation sites excluding steroid dienone is 16. The van der Waals surface area contributed by atoms with Crippen molar-refractivity contribution in [3.63, 3.8) is 0 Å². The third-order valence-corrected chi connectivity index (χ3v) is 12.3. The molecule has 0 bridgehead atoms. The Balaban J connectivity index is 4.70. The van der Waals surface area contributed by atoms with Crippen LogP contribution < -0.4 is 5.32 Å². The van der Waals surface area contributed by atoms with Crippen molar-refractivity contribution in [1.29, 1.82) is 0 Å². The molecule has 0 heterocycles. The molecule has 0 aromatic carbocycles. The molecule has 3 unspecified atom stereocenters. The van der Waals surface area contributed by atoms with Gasteiger partial charge in [-0.1, -0.05) is 259 Å². The minimum atomic E-state index is -0.804. The Kier molecular flexibility index (Phi) is 51.1. The van der Waals surface area contributed by atoms with Gasteiger partial charge < -0.3 is 20.3 Å². The summed E-state index contributed by atoms with van der Waals surface area (Å²) in [4.78, 5) is 26.3. The predicted molar refractivity (Wildman–Crippen MR) is 291 cm³/mol. The van der Waals surface area contributed by atoms with Crippen molar-refractivity contribution in [2.75, 3.05) is 6.61 Å². The fourth-order valence-electron chi connectivity index (χ4n) is 8.08. The molecular weight excluding hydrogens is 827 g/mol. The molecule has 3 atom stereocenters. The zero-order chi connectivity index (χ0) is 48.8. The molecule has 6 heteroatoms. The molecule has 0 aliphatic heterocycles. The van der Waals surface area contributed by atoms with E-state index in [1.165, 1.54) is 122 Å². The van der Waals surface area contributed by atoms with Gasteiger partial charge in [0.25, 0.3) is 0 Å². The highest BCUT2D eigenvalue weighted by atomic mass is 16.5. The summed E-state index contributed by atoms with van der Waals surface area (Å²) in [5.74, 6) is -0.534. The molecule has 0 saturated heterocycles. The lowest BCUT2D eigenvalue weighted by Gasteiger charge is -2.24. The molecule has 1 amide bonds. The molecule has 3 N–H and O–H groups in total. The van der Waals surface area contributed by atoms with Crippen LogP contribution in [0.3, 0.4) is 0 Å². The van der Waals surface area contributed by atoms with Crippen LogP contribution in [0.2, 0.25) is 0 Å². The summed E-state index contributed by atoms with van der Waals surface area (Å²) in [6.07, 6.45) is 71.7. The number of amides is 1. The Labute approximate surface area is 414 Å². The summed E-state index contributed by atoms with van der Waals surface area (Å²) in [5.41, 5.74) is 0. The first kappa shape index (κ1) is 63.8. The second-order valence-electron chi connectivity index (χ2n) is 18.8. The topological polar surface area (TPSA) is 95.9 Å². The largest absolute Gasteiger partial charge is 0.462 e. The fourth-order valence-corrected chi connectivity index (χ4v) is 8.08. The van der Waals surface area contributed by atoms with Crippen LogP contribution in [-0.4, -0.2) is 46.9 Å². The Morgan fingerprint density at radius 1 is 0.463 bits per heavy atom. The number of nitrogens with one attached hydrogen (secondary N) is 1. The van der Waals surface area contributed by atoms with Crippen molar-refractivity contribution in [2.24, 2.45) is 0 Å². The second-order valence-corrected chi connectivity index (χ2v) is 18.8. The Bertz CT molecular complexity index is 1320. The van der Waals surface area contributed by atoms with Crippen LogP contribution >= 0.6 is 0 Å². The van der Waals surface area contributed by atoms with Gasteiger partial charge in [0, 0.05) is 6.42 Å². The van der Waals surface area contributed by atoms with E-state index >= 15 is 0 Å². The van der Waals surface area contributed by atoms with Gasteiger partial charge in [0.05, 0.1) is 25.2 Å². The number of rotatable bonds is 49. The molecule has 384 valence electrons. The van der Waals surface area contributed by atoms with Crippen LogP contribution in [0.1, 0.15) is 252 Å². The molecule has 0 aliphatic rings. The quantitative estimate of drug-likeness (QED) is 0.0244. The van der Waals surface area contributed by atoms with Crippen LogP contribution in [0.15, 0.2) is 97.2 Å². The highest BCUT2D eigenvalue weighted by molar-refractivity contribution is 5.77. The fraction of sp³-hybridized carbons (Fsp3) is 0.705. The van der Waals surface area contributed by atoms with Crippen molar-refractivity contribution >= 4 is 11.9 Å². The molecule has 0 aromatic heterocycles. The Morgan fingerprint density at radius 2 is 0.866 bits per heavy atom. The van der Waals surface area contributed by atoms with Crippen LogP contribution in [0, 0.1) is 0 Å². The number of esters is 1. The second kappa shape index (κ2) is 53.7. The monoisotopic (exact) mass is 932 g/mol. The van der Waals surface area contributed by atoms with Crippen molar-refractivity contribution in [2.45, 2.75) is 270 Å². The standard InChI is InChI=1S/C61H105NO5/c1-4-7-10-13-16-19-22-25-28-30-32-34-37-40-43-46-49-52-57(67-61(66)54-51-48-45-42-39-36-33-31-29-26-23-20-17-14-11-8-5-2)55-60(65)62-58(56-63)59(64)53-50-47-44-41-38-35-27-24-21-18-15-12-9-6-3/h8,11,14,16-17,19-20,23,25-26,28-29,31,33,36,39,57-59,63-64H,4-7,9-10,12-13,15,18,21-22,24,27,30,32,34-35,37-38,40-56H2,1-3H3,(H,62,65)/b11-8-,17-14+,19-16-,23-20+,28-25-,29-26-,33-31+,39-36+. The summed E-state index contributed by atoms with van der Waals surface area (Å²) >= 11 is 0. The van der Waals surface area contributed by atoms with Gasteiger partial charge in [0.15, 0.2) is 0 Å². The number of unbranched alkanes of at least 4 members (excludes halogenated alkanes) is 26. The number of aliphatic hydroxyl groups excluding tert-OH is 2. The zero-order valence-electron chi connectivity index (χ0n) is 43.8. The van der Waals surface area contributed by atoms with Gasteiger partial charge in [-0.15, -0.1) is 0 Å². The first-order valence-corrected chi connectivity index (χ1v) is 28.0. The van der Waals surface area contributed by atoms with Gasteiger partial charge in [-0.05, 0) is 77.0 Å². The number of carbonyl (C=O) groups excluding carboxylic acids is 2. The first-order chi connectivity index (χ1) is 33.0. The van der Waals surface area contributed by atoms with Crippen LogP contribution in [0.5, 0.6) is 0 Å². The predicted octanol–water partition coefficient (Wildman–Crippen LogP) is 17.3. The lowest BCUT2D eigenvalue weighted by molar-refractivity contribution is -0.151. The van der Waals surface area contributed by atoms with Gasteiger partial charge in [0.1, 0.15) is 6.10 Å². The van der Waals surface area contributed by atoms with Gasteiger partial charge in [0.2, 0.25) is 5.91 Å². The summed E-state index contributed by atoms with van der Waals surface area (Å²) in [7, 11) is 0. The molecule has 0 radical (unpaired) electrons. The zero-order valence-corrected chi connectivity index (χ0v) is 43.8. The highest BCUT2D eigenvalue weighted by Gasteiger charge is 2.24. The van der Waals surface area contributed by atoms with E-state index in [1.54, 1.807) is 0 Å². The Hall–Kier alpha value is -3.22. The molecule has 0 spiro atoms. The summed E-state index contributed by atoms with van der Waals surface area (Å²) in [5, 5.41) is 23.9. The van der Waals surface area contributed by atoms with Crippen LogP contribution in [-0.2, 0) is 14.3 Å². The van der Waals surface area contributed by atoms with E-state index in [4.69, 9.17) is 4.74 Å². The van der Waals surface area contributed by atoms with Gasteiger partial charge >= 0.3 is 5.97 Å². The van der Waals surface area contributed by atoms with Crippen molar-refractivity contribution < 1.29 is 24.5 Å². The van der Waals surface area contributed by atoms with Gasteiger partial charge in [-0.25, -0.2) is 0 Å². The van der Waals surface area contributed by atoms with E-state index < -0.39 is 18.2 Å². The molecule has 0 saturated carbocycles. The maximum atomic E-state index is 13.3. The molecule has 0 aliphatic carbocycles. The lowest BCUT2D eigenvalue weighted by atomic mass is 10.0. The van der Waals surface area contributed by atoms with E-state index in [0.29, 0.717) is 19.3 Å². The maximum Gasteiger partial charge on any atom is 0.306 e. The van der Waals surface area contributed by atoms with Crippen LogP contribution in [0.4, 0.5) is 0 Å². The van der Waals surface area contributed by atoms with E-state index in [0.717, 1.165) is 83.5 Å². The van der Waals surface area contributed by atoms with E-state index in [9.17, 15) is 19.8 Å². The lowest BCUT2D eigenvalue weighted by Crippen LogP contribution is -2.46. The maximum absolute atomic E-state index is 13.3. The van der Waals surface area contributed by atoms with E-state index in [1.807, 2.05) is 48.6 Å². The number of carbonyl (C=O) groups is 2. The number of ether oxygens (including phenoxy) is 1. The minimum Gasteiger partial charge on any atom is -0.462 e. The first-order valence-electron chi connectivity index (χ1n) is 28.0. The average Bonchev–Trinajstić information content (AvgIpc) is 3.32. The van der Waals surface area contributed by atoms with E-state index in [-0.39, 0.29) is 24.9 Å². The average molecular weight is 933 g/mol. The molecular formula is C61H105NO5. The van der Waals surface area contributed by atoms with Crippen molar-refractivity contribution in [1.82, 2.24) is 5.32 Å². The Morgan fingerprint density at radius 3 is 1.37 bits per heavy atom. The molecule has 0 rings (SSSR count). The van der Waals surface area contributed by atoms with Crippen molar-refractivity contribution in [3.8, 4) is 0 Å². The number of aliphatic hydroxyl groups is 2. The SMILES string of the molecule is CC\C=C/C=C/C=C/C=C\C=C\C=C\CCCCCC(=O)OC(CCCCCCCCC/C=C\C/C=C\CCCCC)CC(=O)NC(CO)C(O)CCCCCCCCCCCCCCCC. The number of hydrogen-bond donors (Lipinski definition) is 3. The summed E-state index contributed by atoms with van der Waals surface area (Å²) in [6, 6.07) is -0.720.